The van der Waals surface area contributed by atoms with Crippen molar-refractivity contribution >= 4 is 22.5 Å². The van der Waals surface area contributed by atoms with Gasteiger partial charge in [-0.25, -0.2) is 0 Å². The fraction of sp³-hybridized carbons (Fsp3) is 0.176. The molecule has 1 unspecified atom stereocenters. The number of aromatic nitrogens is 2. The Bertz CT molecular complexity index is 850. The van der Waals surface area contributed by atoms with E-state index >= 15 is 0 Å². The zero-order valence-electron chi connectivity index (χ0n) is 11.7. The molecule has 2 N–H and O–H groups in total. The summed E-state index contributed by atoms with van der Waals surface area (Å²) >= 11 is 0. The lowest BCUT2D eigenvalue weighted by Gasteiger charge is -2.27. The number of aryl methyl sites for hydroxylation is 1. The Morgan fingerprint density at radius 1 is 1.14 bits per heavy atom. The first-order valence-corrected chi connectivity index (χ1v) is 7.05. The molecule has 0 spiro atoms. The number of nitrogens with one attached hydrogen (secondary N) is 2. The Labute approximate surface area is 122 Å². The Balaban J connectivity index is 1.96. The quantitative estimate of drug-likeness (QED) is 0.716. The third-order valence-electron chi connectivity index (χ3n) is 4.25. The van der Waals surface area contributed by atoms with Gasteiger partial charge in [0.1, 0.15) is 0 Å². The van der Waals surface area contributed by atoms with E-state index in [1.807, 2.05) is 18.2 Å². The highest BCUT2D eigenvalue weighted by atomic mass is 16.1. The molecule has 1 atom stereocenters. The number of H-pyrrole nitrogens is 1. The molecule has 0 bridgehead atoms. The number of hydrogen-bond acceptors (Lipinski definition) is 2. The number of anilines is 1. The molecular formula is C17H15N3O. The van der Waals surface area contributed by atoms with Crippen LogP contribution in [0.2, 0.25) is 0 Å². The highest BCUT2D eigenvalue weighted by Crippen LogP contribution is 2.41. The molecule has 4 rings (SSSR count). The van der Waals surface area contributed by atoms with Gasteiger partial charge in [-0.3, -0.25) is 9.89 Å². The van der Waals surface area contributed by atoms with Gasteiger partial charge in [-0.2, -0.15) is 5.10 Å². The normalized spacial score (nSPS) is 17.6. The fourth-order valence-corrected chi connectivity index (χ4v) is 3.21. The maximum absolute atomic E-state index is 12.1. The Hall–Kier alpha value is -2.62. The summed E-state index contributed by atoms with van der Waals surface area (Å²) in [5, 5.41) is 11.0. The molecule has 0 fully saturated rings. The molecule has 104 valence electrons. The summed E-state index contributed by atoms with van der Waals surface area (Å²) in [5.41, 5.74) is 5.44. The molecule has 1 aliphatic heterocycles. The van der Waals surface area contributed by atoms with Crippen molar-refractivity contribution in [1.82, 2.24) is 10.2 Å². The second kappa shape index (κ2) is 4.45. The molecule has 1 aliphatic rings. The molecule has 0 aliphatic carbocycles. The summed E-state index contributed by atoms with van der Waals surface area (Å²) in [4.78, 5) is 12.1. The van der Waals surface area contributed by atoms with Crippen LogP contribution in [0.3, 0.4) is 0 Å². The summed E-state index contributed by atoms with van der Waals surface area (Å²) < 4.78 is 0. The molecule has 3 aromatic rings. The molecule has 4 heteroatoms. The zero-order chi connectivity index (χ0) is 14.4. The number of amides is 1. The maximum atomic E-state index is 12.1. The lowest BCUT2D eigenvalue weighted by atomic mass is 9.82. The van der Waals surface area contributed by atoms with Crippen LogP contribution >= 0.6 is 0 Å². The number of nitrogens with zero attached hydrogens (tertiary/aromatic N) is 1. The van der Waals surface area contributed by atoms with Gasteiger partial charge in [0, 0.05) is 17.7 Å². The number of carbonyl (C=O) groups excluding carboxylic acids is 1. The summed E-state index contributed by atoms with van der Waals surface area (Å²) in [6, 6.07) is 12.4. The molecule has 21 heavy (non-hydrogen) atoms. The van der Waals surface area contributed by atoms with E-state index in [4.69, 9.17) is 0 Å². The minimum absolute atomic E-state index is 0.0597. The van der Waals surface area contributed by atoms with Crippen LogP contribution in [0.25, 0.3) is 10.9 Å². The molecule has 2 heterocycles. The van der Waals surface area contributed by atoms with E-state index < -0.39 is 0 Å². The molecule has 4 nitrogen and oxygen atoms in total. The topological polar surface area (TPSA) is 57.8 Å². The Kier molecular flexibility index (Phi) is 2.57. The number of rotatable bonds is 1. The van der Waals surface area contributed by atoms with Crippen molar-refractivity contribution in [2.24, 2.45) is 0 Å². The van der Waals surface area contributed by atoms with Crippen LogP contribution < -0.4 is 5.32 Å². The number of fused-ring (bicyclic) bond motifs is 3. The summed E-state index contributed by atoms with van der Waals surface area (Å²) in [5.74, 6) is 0.165. The van der Waals surface area contributed by atoms with Gasteiger partial charge in [-0.15, -0.1) is 0 Å². The molecule has 1 aromatic heterocycles. The van der Waals surface area contributed by atoms with Gasteiger partial charge < -0.3 is 5.32 Å². The average molecular weight is 277 g/mol. The number of benzene rings is 2. The van der Waals surface area contributed by atoms with Gasteiger partial charge >= 0.3 is 0 Å². The Morgan fingerprint density at radius 2 is 2.00 bits per heavy atom. The lowest BCUT2D eigenvalue weighted by molar-refractivity contribution is -0.116. The van der Waals surface area contributed by atoms with E-state index in [1.54, 1.807) is 6.20 Å². The van der Waals surface area contributed by atoms with Gasteiger partial charge in [0.25, 0.3) is 0 Å². The van der Waals surface area contributed by atoms with Crippen LogP contribution in [0.4, 0.5) is 5.69 Å². The zero-order valence-corrected chi connectivity index (χ0v) is 11.7. The van der Waals surface area contributed by atoms with E-state index in [9.17, 15) is 4.79 Å². The summed E-state index contributed by atoms with van der Waals surface area (Å²) in [6.45, 7) is 2.10. The minimum atomic E-state index is 0.0597. The standard InChI is InChI=1S/C17H15N3O/c1-10-4-2-3-5-11(10)13-8-16(21)19-17-12(13)6-7-15-14(17)9-18-20-15/h2-7,9,13H,8H2,1H3,(H,18,20)(H,19,21). The van der Waals surface area contributed by atoms with Crippen molar-refractivity contribution in [1.29, 1.82) is 0 Å². The van der Waals surface area contributed by atoms with Crippen molar-refractivity contribution in [2.45, 2.75) is 19.3 Å². The van der Waals surface area contributed by atoms with Crippen LogP contribution in [-0.2, 0) is 4.79 Å². The fourth-order valence-electron chi connectivity index (χ4n) is 3.21. The van der Waals surface area contributed by atoms with Crippen molar-refractivity contribution in [2.75, 3.05) is 5.32 Å². The molecule has 0 saturated carbocycles. The molecule has 0 radical (unpaired) electrons. The Morgan fingerprint density at radius 3 is 2.86 bits per heavy atom. The average Bonchev–Trinajstić information content (AvgIpc) is 2.96. The number of carbonyl (C=O) groups is 1. The molecule has 2 aromatic carbocycles. The van der Waals surface area contributed by atoms with Crippen molar-refractivity contribution in [3.8, 4) is 0 Å². The number of aromatic amines is 1. The van der Waals surface area contributed by atoms with E-state index in [0.717, 1.165) is 22.2 Å². The van der Waals surface area contributed by atoms with Gasteiger partial charge in [0.15, 0.2) is 0 Å². The molecule has 0 saturated heterocycles. The maximum Gasteiger partial charge on any atom is 0.225 e. The van der Waals surface area contributed by atoms with Gasteiger partial charge in [0.2, 0.25) is 5.91 Å². The van der Waals surface area contributed by atoms with Gasteiger partial charge in [-0.05, 0) is 29.7 Å². The lowest BCUT2D eigenvalue weighted by Crippen LogP contribution is -2.24. The summed E-state index contributed by atoms with van der Waals surface area (Å²) in [7, 11) is 0. The second-order valence-corrected chi connectivity index (χ2v) is 5.52. The highest BCUT2D eigenvalue weighted by molar-refractivity contribution is 6.05. The molecule has 1 amide bonds. The van der Waals surface area contributed by atoms with E-state index in [1.165, 1.54) is 11.1 Å². The van der Waals surface area contributed by atoms with Gasteiger partial charge in [0.05, 0.1) is 17.4 Å². The first-order valence-electron chi connectivity index (χ1n) is 7.05. The first kappa shape index (κ1) is 12.1. The molecular weight excluding hydrogens is 262 g/mol. The van der Waals surface area contributed by atoms with Gasteiger partial charge in [-0.1, -0.05) is 30.3 Å². The van der Waals surface area contributed by atoms with Crippen molar-refractivity contribution in [3.05, 3.63) is 59.3 Å². The highest BCUT2D eigenvalue weighted by Gasteiger charge is 2.28. The van der Waals surface area contributed by atoms with Crippen molar-refractivity contribution < 1.29 is 4.79 Å². The predicted octanol–water partition coefficient (Wildman–Crippen LogP) is 3.35. The first-order chi connectivity index (χ1) is 10.2. The SMILES string of the molecule is Cc1ccccc1C1CC(=O)Nc2c1ccc1[nH]ncc21. The van der Waals surface area contributed by atoms with Crippen LogP contribution in [0, 0.1) is 6.92 Å². The smallest absolute Gasteiger partial charge is 0.225 e. The van der Waals surface area contributed by atoms with Crippen LogP contribution in [0.15, 0.2) is 42.6 Å². The second-order valence-electron chi connectivity index (χ2n) is 5.52. The largest absolute Gasteiger partial charge is 0.325 e. The van der Waals surface area contributed by atoms with Crippen LogP contribution in [-0.4, -0.2) is 16.1 Å². The van der Waals surface area contributed by atoms with E-state index in [-0.39, 0.29) is 11.8 Å². The third-order valence-corrected chi connectivity index (χ3v) is 4.25. The minimum Gasteiger partial charge on any atom is -0.325 e. The van der Waals surface area contributed by atoms with Crippen LogP contribution in [0.5, 0.6) is 0 Å². The third kappa shape index (κ3) is 1.83. The van der Waals surface area contributed by atoms with E-state index in [2.05, 4.69) is 40.6 Å². The van der Waals surface area contributed by atoms with Crippen molar-refractivity contribution in [3.63, 3.8) is 0 Å². The number of hydrogen-bond donors (Lipinski definition) is 2. The van der Waals surface area contributed by atoms with E-state index in [0.29, 0.717) is 6.42 Å². The monoisotopic (exact) mass is 277 g/mol. The predicted molar refractivity (Wildman–Crippen MR) is 82.4 cm³/mol. The summed E-state index contributed by atoms with van der Waals surface area (Å²) in [6.07, 6.45) is 2.26. The van der Waals surface area contributed by atoms with Crippen LogP contribution in [0.1, 0.15) is 29.0 Å².